The van der Waals surface area contributed by atoms with Crippen LogP contribution in [0.4, 0.5) is 5.69 Å². The van der Waals surface area contributed by atoms with Gasteiger partial charge in [-0.05, 0) is 48.6 Å². The van der Waals surface area contributed by atoms with Crippen molar-refractivity contribution in [1.29, 1.82) is 0 Å². The molecular weight excluding hydrogens is 396 g/mol. The van der Waals surface area contributed by atoms with Crippen molar-refractivity contribution in [3.8, 4) is 11.1 Å². The number of carbonyl (C=O) groups is 1. The van der Waals surface area contributed by atoms with Crippen molar-refractivity contribution >= 4 is 39.5 Å². The molecule has 4 rings (SSSR count). The van der Waals surface area contributed by atoms with Gasteiger partial charge in [0.05, 0.1) is 5.69 Å². The number of anilines is 1. The zero-order chi connectivity index (χ0) is 17.2. The molecule has 3 nitrogen and oxygen atoms in total. The molecule has 1 N–H and O–H groups in total. The molecule has 0 atom stereocenters. The van der Waals surface area contributed by atoms with E-state index in [0.29, 0.717) is 12.6 Å². The minimum Gasteiger partial charge on any atom is -0.352 e. The molecule has 1 fully saturated rings. The van der Waals surface area contributed by atoms with Gasteiger partial charge in [-0.1, -0.05) is 59.5 Å². The van der Waals surface area contributed by atoms with E-state index in [1.165, 1.54) is 35.3 Å². The molecule has 1 aliphatic heterocycles. The highest BCUT2D eigenvalue weighted by atomic mass is 79.9. The van der Waals surface area contributed by atoms with Crippen molar-refractivity contribution in [1.82, 2.24) is 5.32 Å². The number of hydrogen-bond donors (Lipinski definition) is 1. The molecule has 25 heavy (non-hydrogen) atoms. The molecule has 1 heterocycles. The third-order valence-electron chi connectivity index (χ3n) is 4.87. The van der Waals surface area contributed by atoms with E-state index in [2.05, 4.69) is 68.0 Å². The van der Waals surface area contributed by atoms with Crippen molar-refractivity contribution in [2.75, 3.05) is 10.8 Å². The van der Waals surface area contributed by atoms with Crippen LogP contribution < -0.4 is 9.62 Å². The first kappa shape index (κ1) is 17.0. The number of rotatable bonds is 3. The van der Waals surface area contributed by atoms with E-state index < -0.39 is 0 Å². The summed E-state index contributed by atoms with van der Waals surface area (Å²) in [6.45, 7) is 0.374. The Morgan fingerprint density at radius 2 is 1.92 bits per heavy atom. The van der Waals surface area contributed by atoms with Crippen molar-refractivity contribution in [3.05, 3.63) is 46.9 Å². The second-order valence-electron chi connectivity index (χ2n) is 6.69. The molecule has 2 aromatic rings. The second-order valence-corrected chi connectivity index (χ2v) is 8.67. The summed E-state index contributed by atoms with van der Waals surface area (Å²) in [6, 6.07) is 15.0. The van der Waals surface area contributed by atoms with Crippen LogP contribution in [0, 0.1) is 0 Å². The standard InChI is InChI=1S/C20H21BrN2OS/c21-14-10-11-16-17-8-4-5-9-19(17)25-23(18(16)12-14)13-20(24)22-15-6-2-1-3-7-15/h4-5,8-12,15H,1-3,6-7,13H2,(H,22,24). The molecule has 0 aromatic heterocycles. The van der Waals surface area contributed by atoms with Crippen LogP contribution in [0.3, 0.4) is 0 Å². The first-order valence-electron chi connectivity index (χ1n) is 8.84. The number of amides is 1. The lowest BCUT2D eigenvalue weighted by molar-refractivity contribution is -0.120. The number of carbonyl (C=O) groups excluding carboxylic acids is 1. The molecule has 0 unspecified atom stereocenters. The van der Waals surface area contributed by atoms with Gasteiger partial charge in [-0.2, -0.15) is 0 Å². The predicted octanol–water partition coefficient (Wildman–Crippen LogP) is 5.39. The van der Waals surface area contributed by atoms with Crippen LogP contribution in [0.25, 0.3) is 11.1 Å². The van der Waals surface area contributed by atoms with Crippen LogP contribution >= 0.6 is 27.9 Å². The van der Waals surface area contributed by atoms with Crippen molar-refractivity contribution in [3.63, 3.8) is 0 Å². The van der Waals surface area contributed by atoms with Gasteiger partial charge < -0.3 is 9.62 Å². The van der Waals surface area contributed by atoms with Gasteiger partial charge in [-0.3, -0.25) is 4.79 Å². The fraction of sp³-hybridized carbons (Fsp3) is 0.350. The Morgan fingerprint density at radius 1 is 1.12 bits per heavy atom. The fourth-order valence-corrected chi connectivity index (χ4v) is 5.08. The van der Waals surface area contributed by atoms with Gasteiger partial charge in [0.1, 0.15) is 6.54 Å². The van der Waals surface area contributed by atoms with Gasteiger partial charge in [0.25, 0.3) is 0 Å². The molecule has 1 amide bonds. The topological polar surface area (TPSA) is 32.3 Å². The summed E-state index contributed by atoms with van der Waals surface area (Å²) < 4.78 is 3.14. The second kappa shape index (κ2) is 7.42. The van der Waals surface area contributed by atoms with Crippen molar-refractivity contribution < 1.29 is 4.79 Å². The molecule has 5 heteroatoms. The maximum Gasteiger partial charge on any atom is 0.240 e. The smallest absolute Gasteiger partial charge is 0.240 e. The fourth-order valence-electron chi connectivity index (χ4n) is 3.64. The molecule has 1 aliphatic carbocycles. The largest absolute Gasteiger partial charge is 0.352 e. The maximum atomic E-state index is 12.6. The van der Waals surface area contributed by atoms with Crippen molar-refractivity contribution in [2.24, 2.45) is 0 Å². The third kappa shape index (κ3) is 3.72. The van der Waals surface area contributed by atoms with Gasteiger partial charge in [-0.25, -0.2) is 0 Å². The van der Waals surface area contributed by atoms with Crippen LogP contribution in [0.1, 0.15) is 32.1 Å². The summed E-state index contributed by atoms with van der Waals surface area (Å²) >= 11 is 5.22. The first-order chi connectivity index (χ1) is 12.2. The average molecular weight is 417 g/mol. The number of nitrogens with zero attached hydrogens (tertiary/aromatic N) is 1. The molecule has 130 valence electrons. The molecule has 2 aromatic carbocycles. The summed E-state index contributed by atoms with van der Waals surface area (Å²) in [4.78, 5) is 13.8. The molecule has 2 aliphatic rings. The number of hydrogen-bond acceptors (Lipinski definition) is 3. The van der Waals surface area contributed by atoms with Crippen LogP contribution in [-0.2, 0) is 4.79 Å². The predicted molar refractivity (Wildman–Crippen MR) is 108 cm³/mol. The Morgan fingerprint density at radius 3 is 2.76 bits per heavy atom. The molecule has 0 radical (unpaired) electrons. The van der Waals surface area contributed by atoms with E-state index in [0.717, 1.165) is 23.0 Å². The van der Waals surface area contributed by atoms with Gasteiger partial charge in [-0.15, -0.1) is 0 Å². The molecule has 0 spiro atoms. The highest BCUT2D eigenvalue weighted by Gasteiger charge is 2.25. The summed E-state index contributed by atoms with van der Waals surface area (Å²) in [7, 11) is 0. The van der Waals surface area contributed by atoms with Gasteiger partial charge >= 0.3 is 0 Å². The summed E-state index contributed by atoms with van der Waals surface area (Å²) in [5.74, 6) is 0.115. The van der Waals surface area contributed by atoms with Crippen LogP contribution in [0.15, 0.2) is 51.8 Å². The highest BCUT2D eigenvalue weighted by molar-refractivity contribution is 9.10. The van der Waals surface area contributed by atoms with E-state index in [1.807, 2.05) is 0 Å². The van der Waals surface area contributed by atoms with Crippen LogP contribution in [0.2, 0.25) is 0 Å². The zero-order valence-electron chi connectivity index (χ0n) is 14.0. The van der Waals surface area contributed by atoms with E-state index in [4.69, 9.17) is 0 Å². The van der Waals surface area contributed by atoms with E-state index >= 15 is 0 Å². The Labute approximate surface area is 161 Å². The maximum absolute atomic E-state index is 12.6. The van der Waals surface area contributed by atoms with Crippen molar-refractivity contribution in [2.45, 2.75) is 43.0 Å². The quantitative estimate of drug-likeness (QED) is 0.680. The van der Waals surface area contributed by atoms with Gasteiger partial charge in [0, 0.05) is 21.0 Å². The average Bonchev–Trinajstić information content (AvgIpc) is 2.62. The molecule has 0 saturated heterocycles. The Hall–Kier alpha value is -1.46. The molecular formula is C20H21BrN2OS. The summed E-state index contributed by atoms with van der Waals surface area (Å²) in [5.41, 5.74) is 3.51. The Balaban J connectivity index is 1.56. The lowest BCUT2D eigenvalue weighted by Crippen LogP contribution is -2.41. The SMILES string of the molecule is O=C(CN1Sc2ccccc2-c2ccc(Br)cc21)NC1CCCCC1. The van der Waals surface area contributed by atoms with Crippen LogP contribution in [0.5, 0.6) is 0 Å². The summed E-state index contributed by atoms with van der Waals surface area (Å²) in [6.07, 6.45) is 5.99. The summed E-state index contributed by atoms with van der Waals surface area (Å²) in [5, 5.41) is 3.23. The van der Waals surface area contributed by atoms with E-state index in [1.54, 1.807) is 11.9 Å². The Kier molecular flexibility index (Phi) is 5.04. The highest BCUT2D eigenvalue weighted by Crippen LogP contribution is 2.46. The lowest BCUT2D eigenvalue weighted by atomic mass is 9.95. The normalized spacial score (nSPS) is 16.9. The van der Waals surface area contributed by atoms with Crippen LogP contribution in [-0.4, -0.2) is 18.5 Å². The zero-order valence-corrected chi connectivity index (χ0v) is 16.4. The van der Waals surface area contributed by atoms with E-state index in [9.17, 15) is 4.79 Å². The minimum atomic E-state index is 0.115. The number of halogens is 1. The Bertz CT molecular complexity index is 789. The lowest BCUT2D eigenvalue weighted by Gasteiger charge is -2.32. The molecule has 1 saturated carbocycles. The first-order valence-corrected chi connectivity index (χ1v) is 10.4. The van der Waals surface area contributed by atoms with Gasteiger partial charge in [0.2, 0.25) is 5.91 Å². The van der Waals surface area contributed by atoms with Gasteiger partial charge in [0.15, 0.2) is 0 Å². The third-order valence-corrected chi connectivity index (χ3v) is 6.46. The number of benzene rings is 2. The number of fused-ring (bicyclic) bond motifs is 3. The minimum absolute atomic E-state index is 0.115. The monoisotopic (exact) mass is 416 g/mol. The molecule has 0 bridgehead atoms. The number of nitrogens with one attached hydrogen (secondary N) is 1. The van der Waals surface area contributed by atoms with E-state index in [-0.39, 0.29) is 5.91 Å².